The highest BCUT2D eigenvalue weighted by atomic mass is 16.5. The van der Waals surface area contributed by atoms with Crippen molar-refractivity contribution < 1.29 is 9.26 Å². The molecule has 0 amide bonds. The zero-order valence-electron chi connectivity index (χ0n) is 14.6. The minimum Gasteiger partial charge on any atom is -0.457 e. The summed E-state index contributed by atoms with van der Waals surface area (Å²) in [6.45, 7) is 1.83. The van der Waals surface area contributed by atoms with E-state index in [1.165, 1.54) is 0 Å². The van der Waals surface area contributed by atoms with E-state index >= 15 is 0 Å². The van der Waals surface area contributed by atoms with Gasteiger partial charge < -0.3 is 19.9 Å². The summed E-state index contributed by atoms with van der Waals surface area (Å²) in [5, 5.41) is 10.1. The van der Waals surface area contributed by atoms with Gasteiger partial charge in [-0.15, -0.1) is 0 Å². The summed E-state index contributed by atoms with van der Waals surface area (Å²) in [5.74, 6) is 3.96. The van der Waals surface area contributed by atoms with Crippen molar-refractivity contribution in [2.75, 3.05) is 10.6 Å². The molecule has 2 heterocycles. The maximum Gasteiger partial charge on any atom is 0.229 e. The molecule has 7 heteroatoms. The summed E-state index contributed by atoms with van der Waals surface area (Å²) in [5.41, 5.74) is 0.852. The summed E-state index contributed by atoms with van der Waals surface area (Å²) < 4.78 is 10.8. The average Bonchev–Trinajstić information content (AvgIpc) is 3.09. The van der Waals surface area contributed by atoms with Crippen LogP contribution < -0.4 is 15.4 Å². The number of benzene rings is 2. The predicted molar refractivity (Wildman–Crippen MR) is 103 cm³/mol. The summed E-state index contributed by atoms with van der Waals surface area (Å²) in [6, 6.07) is 20.8. The Kier molecular flexibility index (Phi) is 4.65. The molecule has 0 bridgehead atoms. The lowest BCUT2D eigenvalue weighted by Crippen LogP contribution is -2.00. The predicted octanol–water partition coefficient (Wildman–Crippen LogP) is 5.05. The highest BCUT2D eigenvalue weighted by Crippen LogP contribution is 2.24. The smallest absolute Gasteiger partial charge is 0.229 e. The van der Waals surface area contributed by atoms with Crippen molar-refractivity contribution in [2.24, 2.45) is 0 Å². The standard InChI is InChI=1S/C20H17N5O2/c1-14-13-19(25-27-14)23-18-11-12-21-20(24-18)22-15-7-9-17(10-8-15)26-16-5-3-2-4-6-16/h2-13H,1H3,(H2,21,22,23,24,25). The third kappa shape index (κ3) is 4.40. The molecule has 0 saturated heterocycles. The largest absolute Gasteiger partial charge is 0.457 e. The molecule has 0 spiro atoms. The van der Waals surface area contributed by atoms with Crippen LogP contribution in [0.5, 0.6) is 11.5 Å². The first-order valence-electron chi connectivity index (χ1n) is 8.38. The minimum atomic E-state index is 0.469. The number of ether oxygens (including phenoxy) is 1. The zero-order valence-corrected chi connectivity index (χ0v) is 14.6. The van der Waals surface area contributed by atoms with Gasteiger partial charge in [0.1, 0.15) is 23.1 Å². The first-order chi connectivity index (χ1) is 13.2. The molecule has 0 atom stereocenters. The Morgan fingerprint density at radius 1 is 0.852 bits per heavy atom. The van der Waals surface area contributed by atoms with Crippen molar-refractivity contribution >= 4 is 23.3 Å². The van der Waals surface area contributed by atoms with Crippen LogP contribution in [0, 0.1) is 6.92 Å². The molecule has 4 rings (SSSR count). The Labute approximate surface area is 156 Å². The van der Waals surface area contributed by atoms with Crippen LogP contribution in [0.2, 0.25) is 0 Å². The fourth-order valence-electron chi connectivity index (χ4n) is 2.41. The molecule has 134 valence electrons. The molecule has 7 nitrogen and oxygen atoms in total. The van der Waals surface area contributed by atoms with Gasteiger partial charge in [-0.1, -0.05) is 23.4 Å². The number of para-hydroxylation sites is 1. The van der Waals surface area contributed by atoms with Gasteiger partial charge >= 0.3 is 0 Å². The first-order valence-corrected chi connectivity index (χ1v) is 8.38. The lowest BCUT2D eigenvalue weighted by atomic mass is 10.3. The molecule has 0 saturated carbocycles. The van der Waals surface area contributed by atoms with E-state index in [-0.39, 0.29) is 0 Å². The third-order valence-corrected chi connectivity index (χ3v) is 3.63. The lowest BCUT2D eigenvalue weighted by Gasteiger charge is -2.09. The lowest BCUT2D eigenvalue weighted by molar-refractivity contribution is 0.400. The summed E-state index contributed by atoms with van der Waals surface area (Å²) >= 11 is 0. The summed E-state index contributed by atoms with van der Waals surface area (Å²) in [6.07, 6.45) is 1.66. The zero-order chi connectivity index (χ0) is 18.5. The molecule has 0 aliphatic heterocycles. The molecule has 2 N–H and O–H groups in total. The van der Waals surface area contributed by atoms with Gasteiger partial charge in [0.2, 0.25) is 5.95 Å². The Morgan fingerprint density at radius 2 is 1.63 bits per heavy atom. The first kappa shape index (κ1) is 16.6. The monoisotopic (exact) mass is 359 g/mol. The maximum atomic E-state index is 5.79. The van der Waals surface area contributed by atoms with Crippen LogP contribution in [0.15, 0.2) is 77.4 Å². The fraction of sp³-hybridized carbons (Fsp3) is 0.0500. The van der Waals surface area contributed by atoms with Gasteiger partial charge in [-0.25, -0.2) is 4.98 Å². The Morgan fingerprint density at radius 3 is 2.37 bits per heavy atom. The van der Waals surface area contributed by atoms with E-state index in [4.69, 9.17) is 9.26 Å². The van der Waals surface area contributed by atoms with Crippen molar-refractivity contribution in [3.8, 4) is 11.5 Å². The molecule has 27 heavy (non-hydrogen) atoms. The SMILES string of the molecule is Cc1cc(Nc2ccnc(Nc3ccc(Oc4ccccc4)cc3)n2)no1. The van der Waals surface area contributed by atoms with Crippen molar-refractivity contribution in [2.45, 2.75) is 6.92 Å². The molecule has 0 aliphatic rings. The number of nitrogens with zero attached hydrogens (tertiary/aromatic N) is 3. The van der Waals surface area contributed by atoms with Crippen LogP contribution in [0.1, 0.15) is 5.76 Å². The van der Waals surface area contributed by atoms with E-state index in [1.807, 2.05) is 61.5 Å². The molecule has 0 radical (unpaired) electrons. The molecule has 0 aliphatic carbocycles. The second-order valence-electron chi connectivity index (χ2n) is 5.78. The molecule has 0 fully saturated rings. The van der Waals surface area contributed by atoms with Crippen molar-refractivity contribution in [3.05, 3.63) is 78.7 Å². The molecule has 0 unspecified atom stereocenters. The van der Waals surface area contributed by atoms with Crippen LogP contribution in [-0.4, -0.2) is 15.1 Å². The molecule has 2 aromatic heterocycles. The second kappa shape index (κ2) is 7.57. The van der Waals surface area contributed by atoms with Crippen molar-refractivity contribution in [1.82, 2.24) is 15.1 Å². The van der Waals surface area contributed by atoms with Crippen molar-refractivity contribution in [3.63, 3.8) is 0 Å². The van der Waals surface area contributed by atoms with Gasteiger partial charge in [0.05, 0.1) is 0 Å². The number of nitrogens with one attached hydrogen (secondary N) is 2. The highest BCUT2D eigenvalue weighted by Gasteiger charge is 2.04. The van der Waals surface area contributed by atoms with Gasteiger partial charge in [0.15, 0.2) is 5.82 Å². The Hall–Kier alpha value is -3.87. The summed E-state index contributed by atoms with van der Waals surface area (Å²) in [7, 11) is 0. The number of aryl methyl sites for hydroxylation is 1. The Balaban J connectivity index is 1.42. The van der Waals surface area contributed by atoms with Crippen molar-refractivity contribution in [1.29, 1.82) is 0 Å². The summed E-state index contributed by atoms with van der Waals surface area (Å²) in [4.78, 5) is 8.65. The quantitative estimate of drug-likeness (QED) is 0.498. The van der Waals surface area contributed by atoms with E-state index in [9.17, 15) is 0 Å². The normalized spacial score (nSPS) is 10.4. The third-order valence-electron chi connectivity index (χ3n) is 3.63. The van der Waals surface area contributed by atoms with E-state index < -0.39 is 0 Å². The number of aromatic nitrogens is 3. The average molecular weight is 359 g/mol. The van der Waals surface area contributed by atoms with Gasteiger partial charge in [0.25, 0.3) is 0 Å². The van der Waals surface area contributed by atoms with Crippen LogP contribution >= 0.6 is 0 Å². The second-order valence-corrected chi connectivity index (χ2v) is 5.78. The molecule has 4 aromatic rings. The number of anilines is 4. The molecule has 2 aromatic carbocycles. The van der Waals surface area contributed by atoms with Gasteiger partial charge in [-0.2, -0.15) is 4.98 Å². The highest BCUT2D eigenvalue weighted by molar-refractivity contribution is 5.58. The van der Waals surface area contributed by atoms with Crippen LogP contribution in [0.4, 0.5) is 23.3 Å². The fourth-order valence-corrected chi connectivity index (χ4v) is 2.41. The minimum absolute atomic E-state index is 0.469. The Bertz CT molecular complexity index is 1020. The van der Waals surface area contributed by atoms with Gasteiger partial charge in [-0.3, -0.25) is 0 Å². The topological polar surface area (TPSA) is 85.1 Å². The van der Waals surface area contributed by atoms with E-state index in [0.29, 0.717) is 17.6 Å². The molecular weight excluding hydrogens is 342 g/mol. The van der Waals surface area contributed by atoms with Gasteiger partial charge in [0, 0.05) is 18.0 Å². The van der Waals surface area contributed by atoms with E-state index in [0.717, 1.165) is 22.9 Å². The maximum absolute atomic E-state index is 5.79. The van der Waals surface area contributed by atoms with Crippen LogP contribution in [-0.2, 0) is 0 Å². The molecular formula is C20H17N5O2. The number of hydrogen-bond acceptors (Lipinski definition) is 7. The number of hydrogen-bond donors (Lipinski definition) is 2. The number of rotatable bonds is 6. The van der Waals surface area contributed by atoms with E-state index in [2.05, 4.69) is 25.8 Å². The van der Waals surface area contributed by atoms with E-state index in [1.54, 1.807) is 18.3 Å². The van der Waals surface area contributed by atoms with Crippen LogP contribution in [0.25, 0.3) is 0 Å². The van der Waals surface area contributed by atoms with Crippen LogP contribution in [0.3, 0.4) is 0 Å². The van der Waals surface area contributed by atoms with Gasteiger partial charge in [-0.05, 0) is 49.4 Å².